The molecule has 19 heavy (non-hydrogen) atoms. The molecule has 1 aromatic heterocycles. The van der Waals surface area contributed by atoms with Gasteiger partial charge >= 0.3 is 5.97 Å². The van der Waals surface area contributed by atoms with E-state index in [4.69, 9.17) is 9.52 Å². The van der Waals surface area contributed by atoms with Crippen LogP contribution in [-0.4, -0.2) is 34.5 Å². The first-order valence-electron chi connectivity index (χ1n) is 6.33. The van der Waals surface area contributed by atoms with Gasteiger partial charge in [-0.3, -0.25) is 9.59 Å². The summed E-state index contributed by atoms with van der Waals surface area (Å²) in [6.07, 6.45) is 6.48. The number of nitrogens with zero attached hydrogens (tertiary/aromatic N) is 1. The third-order valence-corrected chi connectivity index (χ3v) is 3.10. The number of carboxylic acid groups (broad SMARTS) is 1. The van der Waals surface area contributed by atoms with Crippen molar-refractivity contribution in [1.29, 1.82) is 0 Å². The highest BCUT2D eigenvalue weighted by molar-refractivity contribution is 5.92. The van der Waals surface area contributed by atoms with Gasteiger partial charge in [-0.2, -0.15) is 0 Å². The number of rotatable bonds is 6. The molecule has 1 amide bonds. The minimum absolute atomic E-state index is 0.160. The van der Waals surface area contributed by atoms with E-state index in [1.807, 2.05) is 0 Å². The number of furan rings is 1. The molecule has 0 spiro atoms. The van der Waals surface area contributed by atoms with Crippen LogP contribution in [-0.2, 0) is 9.59 Å². The molecule has 1 fully saturated rings. The topological polar surface area (TPSA) is 70.8 Å². The fourth-order valence-corrected chi connectivity index (χ4v) is 1.81. The second kappa shape index (κ2) is 5.73. The van der Waals surface area contributed by atoms with Crippen molar-refractivity contribution in [2.75, 3.05) is 6.54 Å². The first-order valence-corrected chi connectivity index (χ1v) is 6.33. The molecule has 1 atom stereocenters. The van der Waals surface area contributed by atoms with Gasteiger partial charge < -0.3 is 14.4 Å². The molecule has 5 nitrogen and oxygen atoms in total. The van der Waals surface area contributed by atoms with Crippen molar-refractivity contribution >= 4 is 18.0 Å². The lowest BCUT2D eigenvalue weighted by Gasteiger charge is -2.22. The highest BCUT2D eigenvalue weighted by Crippen LogP contribution is 2.28. The van der Waals surface area contributed by atoms with Gasteiger partial charge in [0.15, 0.2) is 0 Å². The van der Waals surface area contributed by atoms with Gasteiger partial charge in [0, 0.05) is 18.7 Å². The average Bonchev–Trinajstić information content (AvgIpc) is 3.08. The van der Waals surface area contributed by atoms with Crippen LogP contribution in [0.3, 0.4) is 0 Å². The quantitative estimate of drug-likeness (QED) is 0.797. The number of carboxylic acids is 1. The van der Waals surface area contributed by atoms with Crippen molar-refractivity contribution in [3.8, 4) is 0 Å². The third-order valence-electron chi connectivity index (χ3n) is 3.10. The molecule has 1 N–H and O–H groups in total. The minimum atomic E-state index is -0.881. The van der Waals surface area contributed by atoms with E-state index in [1.54, 1.807) is 30.0 Å². The van der Waals surface area contributed by atoms with Crippen LogP contribution in [0.4, 0.5) is 0 Å². The van der Waals surface area contributed by atoms with Crippen LogP contribution in [0.5, 0.6) is 0 Å². The van der Waals surface area contributed by atoms with E-state index >= 15 is 0 Å². The fraction of sp³-hybridized carbons (Fsp3) is 0.429. The summed E-state index contributed by atoms with van der Waals surface area (Å²) in [6, 6.07) is 3.69. The summed E-state index contributed by atoms with van der Waals surface area (Å²) in [7, 11) is 0. The van der Waals surface area contributed by atoms with Crippen molar-refractivity contribution in [3.63, 3.8) is 0 Å². The highest BCUT2D eigenvalue weighted by Gasteiger charge is 2.33. The Morgan fingerprint density at radius 3 is 2.84 bits per heavy atom. The zero-order chi connectivity index (χ0) is 13.8. The van der Waals surface area contributed by atoms with Crippen molar-refractivity contribution < 1.29 is 19.1 Å². The van der Waals surface area contributed by atoms with Gasteiger partial charge in [0.25, 0.3) is 0 Å². The molecule has 1 aromatic rings. The first kappa shape index (κ1) is 13.4. The second-order valence-corrected chi connectivity index (χ2v) is 4.81. The molecular formula is C14H17NO4. The summed E-state index contributed by atoms with van der Waals surface area (Å²) in [6.45, 7) is 1.86. The molecule has 0 saturated heterocycles. The lowest BCUT2D eigenvalue weighted by molar-refractivity contribution is -0.142. The molecule has 5 heteroatoms. The lowest BCUT2D eigenvalue weighted by atomic mass is 10.1. The van der Waals surface area contributed by atoms with Crippen molar-refractivity contribution in [1.82, 2.24) is 4.90 Å². The number of hydrogen-bond acceptors (Lipinski definition) is 3. The van der Waals surface area contributed by atoms with Crippen molar-refractivity contribution in [2.45, 2.75) is 25.8 Å². The molecule has 0 bridgehead atoms. The van der Waals surface area contributed by atoms with E-state index in [1.165, 1.54) is 12.3 Å². The Morgan fingerprint density at radius 2 is 2.32 bits per heavy atom. The van der Waals surface area contributed by atoms with Crippen LogP contribution in [0.15, 0.2) is 28.9 Å². The molecule has 1 saturated carbocycles. The zero-order valence-electron chi connectivity index (χ0n) is 10.8. The third kappa shape index (κ3) is 3.71. The highest BCUT2D eigenvalue weighted by atomic mass is 16.4. The maximum absolute atomic E-state index is 12.1. The SMILES string of the molecule is C[C@H](CN(C(=O)/C=C/c1ccco1)C1CC1)C(=O)O. The van der Waals surface area contributed by atoms with Gasteiger partial charge in [-0.1, -0.05) is 6.92 Å². The van der Waals surface area contributed by atoms with E-state index < -0.39 is 11.9 Å². The van der Waals surface area contributed by atoms with E-state index in [-0.39, 0.29) is 18.5 Å². The molecular weight excluding hydrogens is 246 g/mol. The summed E-state index contributed by atoms with van der Waals surface area (Å²) >= 11 is 0. The molecule has 1 heterocycles. The summed E-state index contributed by atoms with van der Waals surface area (Å²) in [5.41, 5.74) is 0. The Kier molecular flexibility index (Phi) is 4.04. The van der Waals surface area contributed by atoms with Crippen molar-refractivity contribution in [2.24, 2.45) is 5.92 Å². The monoisotopic (exact) mass is 263 g/mol. The maximum Gasteiger partial charge on any atom is 0.308 e. The summed E-state index contributed by atoms with van der Waals surface area (Å²) in [4.78, 5) is 24.6. The van der Waals surface area contributed by atoms with Gasteiger partial charge in [-0.15, -0.1) is 0 Å². The predicted octanol–water partition coefficient (Wildman–Crippen LogP) is 2.00. The molecule has 1 aliphatic carbocycles. The van der Waals surface area contributed by atoms with E-state index in [9.17, 15) is 9.59 Å². The number of aliphatic carboxylic acids is 1. The van der Waals surface area contributed by atoms with Gasteiger partial charge in [-0.05, 0) is 31.1 Å². The number of carbonyl (C=O) groups is 2. The van der Waals surface area contributed by atoms with E-state index in [2.05, 4.69) is 0 Å². The molecule has 0 aliphatic heterocycles. The van der Waals surface area contributed by atoms with E-state index in [0.29, 0.717) is 5.76 Å². The Bertz CT molecular complexity index is 474. The maximum atomic E-state index is 12.1. The Labute approximate surface area is 111 Å². The molecule has 0 unspecified atom stereocenters. The molecule has 1 aliphatic rings. The van der Waals surface area contributed by atoms with Crippen LogP contribution < -0.4 is 0 Å². The standard InChI is InChI=1S/C14H17NO4/c1-10(14(17)18)9-15(11-4-5-11)13(16)7-6-12-3-2-8-19-12/h2-3,6-8,10-11H,4-5,9H2,1H3,(H,17,18)/b7-6+/t10-/m1/s1. The van der Waals surface area contributed by atoms with E-state index in [0.717, 1.165) is 12.8 Å². The Balaban J connectivity index is 1.98. The van der Waals surface area contributed by atoms with Gasteiger partial charge in [-0.25, -0.2) is 0 Å². The fourth-order valence-electron chi connectivity index (χ4n) is 1.81. The lowest BCUT2D eigenvalue weighted by Crippen LogP contribution is -2.37. The minimum Gasteiger partial charge on any atom is -0.481 e. The van der Waals surface area contributed by atoms with Gasteiger partial charge in [0.2, 0.25) is 5.91 Å². The Morgan fingerprint density at radius 1 is 1.58 bits per heavy atom. The second-order valence-electron chi connectivity index (χ2n) is 4.81. The van der Waals surface area contributed by atoms with Crippen LogP contribution in [0, 0.1) is 5.92 Å². The smallest absolute Gasteiger partial charge is 0.308 e. The Hall–Kier alpha value is -2.04. The summed E-state index contributed by atoms with van der Waals surface area (Å²) < 4.78 is 5.11. The van der Waals surface area contributed by atoms with Crippen LogP contribution in [0.25, 0.3) is 6.08 Å². The summed E-state index contributed by atoms with van der Waals surface area (Å²) in [5, 5.41) is 8.92. The molecule has 0 aromatic carbocycles. The predicted molar refractivity (Wildman–Crippen MR) is 69.3 cm³/mol. The molecule has 2 rings (SSSR count). The summed E-state index contributed by atoms with van der Waals surface area (Å²) in [5.74, 6) is -0.989. The number of amides is 1. The normalized spacial score (nSPS) is 16.5. The zero-order valence-corrected chi connectivity index (χ0v) is 10.8. The van der Waals surface area contributed by atoms with Crippen LogP contribution in [0.1, 0.15) is 25.5 Å². The average molecular weight is 263 g/mol. The van der Waals surface area contributed by atoms with Crippen molar-refractivity contribution in [3.05, 3.63) is 30.2 Å². The van der Waals surface area contributed by atoms with Gasteiger partial charge in [0.1, 0.15) is 5.76 Å². The molecule has 0 radical (unpaired) electrons. The largest absolute Gasteiger partial charge is 0.481 e. The molecule has 102 valence electrons. The number of carbonyl (C=O) groups excluding carboxylic acids is 1. The number of hydrogen-bond donors (Lipinski definition) is 1. The first-order chi connectivity index (χ1) is 9.08. The van der Waals surface area contributed by atoms with Gasteiger partial charge in [0.05, 0.1) is 12.2 Å². The van der Waals surface area contributed by atoms with Crippen LogP contribution in [0.2, 0.25) is 0 Å². The van der Waals surface area contributed by atoms with Crippen LogP contribution >= 0.6 is 0 Å².